The van der Waals surface area contributed by atoms with Crippen LogP contribution < -0.4 is 5.73 Å². The van der Waals surface area contributed by atoms with Crippen LogP contribution in [-0.2, 0) is 0 Å². The number of hydrogen-bond donors (Lipinski definition) is 2. The minimum absolute atomic E-state index is 0.336. The van der Waals surface area contributed by atoms with E-state index in [0.717, 1.165) is 19.6 Å². The topological polar surface area (TPSA) is 49.5 Å². The number of rotatable bonds is 2. The van der Waals surface area contributed by atoms with E-state index in [9.17, 15) is 5.11 Å². The average molecular weight is 144 g/mol. The molecule has 0 radical (unpaired) electrons. The molecule has 3 heteroatoms. The number of nitrogens with zero attached hydrogens (tertiary/aromatic N) is 1. The minimum Gasteiger partial charge on any atom is -0.389 e. The first-order valence-corrected chi connectivity index (χ1v) is 3.68. The van der Waals surface area contributed by atoms with E-state index < -0.39 is 5.60 Å². The van der Waals surface area contributed by atoms with Crippen LogP contribution in [-0.4, -0.2) is 41.3 Å². The Morgan fingerprint density at radius 3 is 2.40 bits per heavy atom. The summed E-state index contributed by atoms with van der Waals surface area (Å²) >= 11 is 0. The first kappa shape index (κ1) is 7.98. The maximum atomic E-state index is 9.36. The Morgan fingerprint density at radius 2 is 2.10 bits per heavy atom. The molecule has 60 valence electrons. The van der Waals surface area contributed by atoms with Crippen LogP contribution in [0.5, 0.6) is 0 Å². The van der Waals surface area contributed by atoms with Crippen molar-refractivity contribution in [1.82, 2.24) is 4.90 Å². The van der Waals surface area contributed by atoms with E-state index in [0.29, 0.717) is 6.04 Å². The van der Waals surface area contributed by atoms with Crippen molar-refractivity contribution in [2.75, 3.05) is 19.6 Å². The molecule has 0 aromatic rings. The molecule has 10 heavy (non-hydrogen) atoms. The molecular weight excluding hydrogens is 128 g/mol. The van der Waals surface area contributed by atoms with E-state index in [1.807, 2.05) is 13.8 Å². The van der Waals surface area contributed by atoms with E-state index in [2.05, 4.69) is 4.90 Å². The summed E-state index contributed by atoms with van der Waals surface area (Å²) in [4.78, 5) is 2.16. The molecule has 3 nitrogen and oxygen atoms in total. The van der Waals surface area contributed by atoms with Gasteiger partial charge in [-0.1, -0.05) is 0 Å². The first-order chi connectivity index (χ1) is 4.47. The molecule has 1 aliphatic heterocycles. The van der Waals surface area contributed by atoms with Gasteiger partial charge in [0.05, 0.1) is 5.60 Å². The molecule has 0 spiro atoms. The molecule has 0 aromatic heterocycles. The second-order valence-electron chi connectivity index (χ2n) is 3.77. The third-order valence-electron chi connectivity index (χ3n) is 1.60. The lowest BCUT2D eigenvalue weighted by Gasteiger charge is -2.40. The van der Waals surface area contributed by atoms with Gasteiger partial charge in [-0.3, -0.25) is 4.90 Å². The Bertz CT molecular complexity index is 113. The summed E-state index contributed by atoms with van der Waals surface area (Å²) in [6.07, 6.45) is 0. The Kier molecular flexibility index (Phi) is 1.99. The van der Waals surface area contributed by atoms with Crippen molar-refractivity contribution in [2.24, 2.45) is 5.73 Å². The van der Waals surface area contributed by atoms with E-state index >= 15 is 0 Å². The molecule has 1 rings (SSSR count). The smallest absolute Gasteiger partial charge is 0.0718 e. The Hall–Kier alpha value is -0.120. The minimum atomic E-state index is -0.569. The number of β-amino-alcohol motifs (C(OH)–C–C–N with tert-alkyl or cyclic N) is 1. The second kappa shape index (κ2) is 2.49. The fraction of sp³-hybridized carbons (Fsp3) is 1.00. The molecule has 1 heterocycles. The molecule has 3 N–H and O–H groups in total. The van der Waals surface area contributed by atoms with Crippen molar-refractivity contribution in [3.05, 3.63) is 0 Å². The summed E-state index contributed by atoms with van der Waals surface area (Å²) in [5, 5.41) is 9.36. The molecule has 1 fully saturated rings. The molecule has 0 aliphatic carbocycles. The maximum Gasteiger partial charge on any atom is 0.0718 e. The van der Waals surface area contributed by atoms with Crippen molar-refractivity contribution < 1.29 is 5.11 Å². The van der Waals surface area contributed by atoms with Crippen LogP contribution in [0.3, 0.4) is 0 Å². The van der Waals surface area contributed by atoms with Gasteiger partial charge in [-0.25, -0.2) is 0 Å². The van der Waals surface area contributed by atoms with Crippen molar-refractivity contribution in [3.63, 3.8) is 0 Å². The van der Waals surface area contributed by atoms with Crippen molar-refractivity contribution in [3.8, 4) is 0 Å². The van der Waals surface area contributed by atoms with Gasteiger partial charge in [0.25, 0.3) is 0 Å². The number of aliphatic hydroxyl groups is 1. The molecule has 0 amide bonds. The van der Waals surface area contributed by atoms with Gasteiger partial charge in [0.15, 0.2) is 0 Å². The van der Waals surface area contributed by atoms with Crippen molar-refractivity contribution in [2.45, 2.75) is 25.5 Å². The average Bonchev–Trinajstić information content (AvgIpc) is 1.57. The molecule has 0 bridgehead atoms. The van der Waals surface area contributed by atoms with Gasteiger partial charge >= 0.3 is 0 Å². The van der Waals surface area contributed by atoms with E-state index in [-0.39, 0.29) is 0 Å². The van der Waals surface area contributed by atoms with E-state index in [4.69, 9.17) is 5.73 Å². The first-order valence-electron chi connectivity index (χ1n) is 3.68. The monoisotopic (exact) mass is 144 g/mol. The summed E-state index contributed by atoms with van der Waals surface area (Å²) in [6.45, 7) is 6.24. The van der Waals surface area contributed by atoms with Crippen LogP contribution >= 0.6 is 0 Å². The quantitative estimate of drug-likeness (QED) is 0.544. The highest BCUT2D eigenvalue weighted by molar-refractivity contribution is 4.86. The zero-order chi connectivity index (χ0) is 7.78. The number of nitrogens with two attached hydrogens (primary N) is 1. The third-order valence-corrected chi connectivity index (χ3v) is 1.60. The fourth-order valence-electron chi connectivity index (χ4n) is 1.29. The Morgan fingerprint density at radius 1 is 1.60 bits per heavy atom. The summed E-state index contributed by atoms with van der Waals surface area (Å²) in [7, 11) is 0. The molecule has 0 atom stereocenters. The third kappa shape index (κ3) is 2.25. The maximum absolute atomic E-state index is 9.36. The fourth-order valence-corrected chi connectivity index (χ4v) is 1.29. The van der Waals surface area contributed by atoms with E-state index in [1.165, 1.54) is 0 Å². The highest BCUT2D eigenvalue weighted by Crippen LogP contribution is 2.11. The molecule has 0 saturated carbocycles. The van der Waals surface area contributed by atoms with Gasteiger partial charge in [-0.05, 0) is 13.8 Å². The normalized spacial score (nSPS) is 22.8. The summed E-state index contributed by atoms with van der Waals surface area (Å²) in [6, 6.07) is 0.336. The number of likely N-dealkylation sites (tertiary alicyclic amines) is 1. The summed E-state index contributed by atoms with van der Waals surface area (Å²) < 4.78 is 0. The largest absolute Gasteiger partial charge is 0.389 e. The highest BCUT2D eigenvalue weighted by atomic mass is 16.3. The SMILES string of the molecule is CC(C)(O)CN1CC(N)C1. The zero-order valence-corrected chi connectivity index (χ0v) is 6.67. The van der Waals surface area contributed by atoms with E-state index in [1.54, 1.807) is 0 Å². The summed E-state index contributed by atoms with van der Waals surface area (Å²) in [5.41, 5.74) is 5.00. The molecular formula is C7H16N2O. The van der Waals surface area contributed by atoms with Crippen LogP contribution in [0, 0.1) is 0 Å². The van der Waals surface area contributed by atoms with Crippen molar-refractivity contribution in [1.29, 1.82) is 0 Å². The van der Waals surface area contributed by atoms with Crippen LogP contribution in [0.15, 0.2) is 0 Å². The zero-order valence-electron chi connectivity index (χ0n) is 6.67. The van der Waals surface area contributed by atoms with Gasteiger partial charge in [-0.2, -0.15) is 0 Å². The Labute approximate surface area is 61.8 Å². The van der Waals surface area contributed by atoms with Crippen molar-refractivity contribution >= 4 is 0 Å². The van der Waals surface area contributed by atoms with Gasteiger partial charge in [0, 0.05) is 25.7 Å². The predicted molar refractivity (Wildman–Crippen MR) is 40.7 cm³/mol. The molecule has 1 saturated heterocycles. The number of hydrogen-bond acceptors (Lipinski definition) is 3. The van der Waals surface area contributed by atoms with Gasteiger partial charge in [0.2, 0.25) is 0 Å². The lowest BCUT2D eigenvalue weighted by Crippen LogP contribution is -2.58. The Balaban J connectivity index is 2.16. The second-order valence-corrected chi connectivity index (χ2v) is 3.77. The molecule has 0 aromatic carbocycles. The van der Waals surface area contributed by atoms with Gasteiger partial charge in [-0.15, -0.1) is 0 Å². The predicted octanol–water partition coefficient (Wildman–Crippen LogP) is -0.600. The highest BCUT2D eigenvalue weighted by Gasteiger charge is 2.27. The van der Waals surface area contributed by atoms with Gasteiger partial charge < -0.3 is 10.8 Å². The molecule has 0 unspecified atom stereocenters. The van der Waals surface area contributed by atoms with Crippen LogP contribution in [0.1, 0.15) is 13.8 Å². The lowest BCUT2D eigenvalue weighted by molar-refractivity contribution is 0.00863. The summed E-state index contributed by atoms with van der Waals surface area (Å²) in [5.74, 6) is 0. The van der Waals surface area contributed by atoms with Crippen LogP contribution in [0.4, 0.5) is 0 Å². The standard InChI is InChI=1S/C7H16N2O/c1-7(2,10)5-9-3-6(8)4-9/h6,10H,3-5,8H2,1-2H3. The van der Waals surface area contributed by atoms with Crippen LogP contribution in [0.2, 0.25) is 0 Å². The van der Waals surface area contributed by atoms with Crippen LogP contribution in [0.25, 0.3) is 0 Å². The molecule has 1 aliphatic rings. The van der Waals surface area contributed by atoms with Gasteiger partial charge in [0.1, 0.15) is 0 Å². The lowest BCUT2D eigenvalue weighted by atomic mass is 10.0.